The van der Waals surface area contributed by atoms with Gasteiger partial charge in [0.15, 0.2) is 0 Å². The van der Waals surface area contributed by atoms with E-state index in [0.29, 0.717) is 18.7 Å². The Morgan fingerprint density at radius 1 is 1.12 bits per heavy atom. The van der Waals surface area contributed by atoms with Crippen LogP contribution in [0.15, 0.2) is 22.8 Å². The summed E-state index contributed by atoms with van der Waals surface area (Å²) < 4.78 is 10.3. The fourth-order valence-electron chi connectivity index (χ4n) is 5.28. The van der Waals surface area contributed by atoms with Gasteiger partial charge in [0.2, 0.25) is 17.6 Å². The number of ketones is 1. The van der Waals surface area contributed by atoms with Crippen molar-refractivity contribution in [2.24, 2.45) is 28.9 Å². The summed E-state index contributed by atoms with van der Waals surface area (Å²) in [6, 6.07) is -1.34. The van der Waals surface area contributed by atoms with Crippen LogP contribution >= 0.6 is 0 Å². The van der Waals surface area contributed by atoms with Crippen molar-refractivity contribution in [3.05, 3.63) is 24.2 Å². The maximum absolute atomic E-state index is 13.8. The quantitative estimate of drug-likeness (QED) is 0.207. The lowest BCUT2D eigenvalue weighted by atomic mass is 9.85. The highest BCUT2D eigenvalue weighted by Gasteiger charge is 2.58. The van der Waals surface area contributed by atoms with Crippen LogP contribution in [0.1, 0.15) is 59.1 Å². The van der Waals surface area contributed by atoms with E-state index in [0.717, 1.165) is 19.3 Å². The summed E-state index contributed by atoms with van der Waals surface area (Å²) >= 11 is 0. The second kappa shape index (κ2) is 11.9. The Kier molecular flexibility index (Phi) is 8.74. The minimum absolute atomic E-state index is 0.0670. The number of piperidine rings is 1. The van der Waals surface area contributed by atoms with Crippen LogP contribution in [0.5, 0.6) is 0 Å². The van der Waals surface area contributed by atoms with Crippen molar-refractivity contribution in [3.8, 4) is 0 Å². The van der Waals surface area contributed by atoms with Gasteiger partial charge in [0.25, 0.3) is 5.91 Å². The van der Waals surface area contributed by atoms with Crippen LogP contribution in [0, 0.1) is 23.2 Å². The monoisotopic (exact) mass is 573 g/mol. The zero-order valence-electron chi connectivity index (χ0n) is 23.8. The fourth-order valence-corrected chi connectivity index (χ4v) is 5.28. The number of esters is 1. The maximum atomic E-state index is 13.8. The largest absolute Gasteiger partial charge is 0.466 e. The Balaban J connectivity index is 1.39. The Labute approximate surface area is 238 Å². The van der Waals surface area contributed by atoms with Crippen LogP contribution in [0.3, 0.4) is 0 Å². The number of nitrogens with two attached hydrogens (primary N) is 1. The maximum Gasteiger partial charge on any atom is 0.328 e. The van der Waals surface area contributed by atoms with Gasteiger partial charge in [0.1, 0.15) is 30.5 Å². The number of primary amides is 1. The van der Waals surface area contributed by atoms with E-state index in [2.05, 4.69) is 16.0 Å². The number of hydrogen-bond donors (Lipinski definition) is 4. The number of likely N-dealkylation sites (tertiary alicyclic amines) is 1. The van der Waals surface area contributed by atoms with E-state index in [1.807, 2.05) is 0 Å². The highest BCUT2D eigenvalue weighted by molar-refractivity contribution is 6.37. The van der Waals surface area contributed by atoms with Crippen molar-refractivity contribution in [2.75, 3.05) is 6.54 Å². The molecule has 1 aromatic rings. The summed E-state index contributed by atoms with van der Waals surface area (Å²) in [5.41, 5.74) is 4.47. The number of fused-ring (bicyclic) bond motifs is 1. The van der Waals surface area contributed by atoms with Gasteiger partial charge in [0.05, 0.1) is 12.3 Å². The molecule has 0 spiro atoms. The normalized spacial score (nSPS) is 23.4. The molecule has 2 saturated carbocycles. The molecule has 4 rings (SSSR count). The molecule has 41 heavy (non-hydrogen) atoms. The summed E-state index contributed by atoms with van der Waals surface area (Å²) in [4.78, 5) is 77.9. The molecule has 2 aliphatic carbocycles. The van der Waals surface area contributed by atoms with Crippen molar-refractivity contribution in [1.29, 1.82) is 0 Å². The van der Waals surface area contributed by atoms with Gasteiger partial charge in [-0.3, -0.25) is 19.2 Å². The zero-order valence-corrected chi connectivity index (χ0v) is 23.8. The Morgan fingerprint density at radius 2 is 1.83 bits per heavy atom. The number of furan rings is 1. The van der Waals surface area contributed by atoms with E-state index >= 15 is 0 Å². The van der Waals surface area contributed by atoms with Gasteiger partial charge in [-0.05, 0) is 55.1 Å². The minimum Gasteiger partial charge on any atom is -0.466 e. The number of nitrogens with one attached hydrogen (secondary N) is 3. The molecule has 1 aliphatic heterocycles. The standard InChI is InChI=1S/C28H39N5O8/c1-14(26(38)41-13-17-6-5-9-40-17)30-27(39)32-22(28(2,3)4)25(37)33-12-16-11-18(16)20(33)24(36)31-19(10-15-7-8-15)21(34)23(29)35/h5-6,9,14-16,18-20,22H,7-8,10-13H2,1-4H3,(H2,29,35)(H,31,36)(H2,30,32,39)/t14-,16-,18-,19?,20-,22+/m0/s1. The Morgan fingerprint density at radius 3 is 2.41 bits per heavy atom. The first-order chi connectivity index (χ1) is 19.3. The lowest BCUT2D eigenvalue weighted by molar-refractivity contribution is -0.147. The van der Waals surface area contributed by atoms with Crippen LogP contribution < -0.4 is 21.7 Å². The molecule has 5 N–H and O–H groups in total. The third-order valence-corrected chi connectivity index (χ3v) is 7.87. The zero-order chi connectivity index (χ0) is 30.1. The van der Waals surface area contributed by atoms with Crippen molar-refractivity contribution >= 4 is 35.5 Å². The average molecular weight is 574 g/mol. The number of carbonyl (C=O) groups excluding carboxylic acids is 6. The topological polar surface area (TPSA) is 190 Å². The molecule has 3 fully saturated rings. The van der Waals surface area contributed by atoms with Gasteiger partial charge in [-0.15, -0.1) is 0 Å². The number of hydrogen-bond acceptors (Lipinski definition) is 8. The highest BCUT2D eigenvalue weighted by atomic mass is 16.5. The van der Waals surface area contributed by atoms with Crippen LogP contribution in [-0.2, 0) is 35.3 Å². The van der Waals surface area contributed by atoms with Crippen LogP contribution in [0.4, 0.5) is 4.79 Å². The predicted molar refractivity (Wildman–Crippen MR) is 143 cm³/mol. The van der Waals surface area contributed by atoms with E-state index in [9.17, 15) is 28.8 Å². The molecule has 0 radical (unpaired) electrons. The molecule has 13 heteroatoms. The SMILES string of the molecule is C[C@H](NC(=O)N[C@H](C(=O)N1C[C@@H]2C[C@@H]2[C@H]1C(=O)NC(CC1CC1)C(=O)C(N)=O)C(C)(C)C)C(=O)OCc1ccco1. The molecule has 13 nitrogen and oxygen atoms in total. The van der Waals surface area contributed by atoms with Crippen molar-refractivity contribution < 1.29 is 37.9 Å². The highest BCUT2D eigenvalue weighted by Crippen LogP contribution is 2.50. The van der Waals surface area contributed by atoms with Gasteiger partial charge in [-0.2, -0.15) is 0 Å². The van der Waals surface area contributed by atoms with Crippen molar-refractivity contribution in [1.82, 2.24) is 20.9 Å². The minimum atomic E-state index is -1.11. The van der Waals surface area contributed by atoms with Crippen molar-refractivity contribution in [3.63, 3.8) is 0 Å². The molecule has 224 valence electrons. The van der Waals surface area contributed by atoms with Crippen LogP contribution in [0.2, 0.25) is 0 Å². The van der Waals surface area contributed by atoms with E-state index in [4.69, 9.17) is 14.9 Å². The van der Waals surface area contributed by atoms with Gasteiger partial charge in [-0.25, -0.2) is 9.59 Å². The smallest absolute Gasteiger partial charge is 0.328 e. The third-order valence-electron chi connectivity index (χ3n) is 7.87. The van der Waals surface area contributed by atoms with Gasteiger partial charge in [0, 0.05) is 6.54 Å². The van der Waals surface area contributed by atoms with Gasteiger partial charge in [-0.1, -0.05) is 33.6 Å². The molecule has 0 aromatic carbocycles. The molecule has 3 aliphatic rings. The van der Waals surface area contributed by atoms with Gasteiger partial charge >= 0.3 is 12.0 Å². The number of carbonyl (C=O) groups is 6. The number of urea groups is 1. The number of nitrogens with zero attached hydrogens (tertiary/aromatic N) is 1. The lowest BCUT2D eigenvalue weighted by Crippen LogP contribution is -2.61. The third kappa shape index (κ3) is 7.44. The molecule has 1 unspecified atom stereocenters. The second-order valence-corrected chi connectivity index (χ2v) is 12.4. The molecule has 6 atom stereocenters. The van der Waals surface area contributed by atoms with E-state index in [-0.39, 0.29) is 24.4 Å². The van der Waals surface area contributed by atoms with Crippen LogP contribution in [-0.4, -0.2) is 71.1 Å². The molecule has 1 aromatic heterocycles. The van der Waals surface area contributed by atoms with Crippen molar-refractivity contribution in [2.45, 2.75) is 84.2 Å². The number of amides is 5. The molecule has 2 heterocycles. The fraction of sp³-hybridized carbons (Fsp3) is 0.643. The Hall–Kier alpha value is -3.90. The van der Waals surface area contributed by atoms with E-state index < -0.39 is 65.1 Å². The first kappa shape index (κ1) is 30.1. The van der Waals surface area contributed by atoms with Gasteiger partial charge < -0.3 is 35.7 Å². The summed E-state index contributed by atoms with van der Waals surface area (Å²) in [6.45, 7) is 7.04. The Bertz CT molecular complexity index is 1190. The summed E-state index contributed by atoms with van der Waals surface area (Å²) in [7, 11) is 0. The molecule has 0 bridgehead atoms. The van der Waals surface area contributed by atoms with E-state index in [1.54, 1.807) is 32.9 Å². The van der Waals surface area contributed by atoms with Crippen LogP contribution in [0.25, 0.3) is 0 Å². The number of rotatable bonds is 12. The number of Topliss-reactive ketones (excluding diaryl/α,β-unsaturated/α-hetero) is 1. The predicted octanol–water partition coefficient (Wildman–Crippen LogP) is 0.611. The molecular formula is C28H39N5O8. The summed E-state index contributed by atoms with van der Waals surface area (Å²) in [5.74, 6) is -2.83. The van der Waals surface area contributed by atoms with E-state index in [1.165, 1.54) is 18.1 Å². The first-order valence-corrected chi connectivity index (χ1v) is 14.0. The molecule has 1 saturated heterocycles. The average Bonchev–Trinajstić information content (AvgIpc) is 3.78. The molecular weight excluding hydrogens is 534 g/mol. The lowest BCUT2D eigenvalue weighted by Gasteiger charge is -2.36. The second-order valence-electron chi connectivity index (χ2n) is 12.4. The summed E-state index contributed by atoms with van der Waals surface area (Å²) in [6.07, 6.45) is 4.38. The number of ether oxygens (including phenoxy) is 1. The first-order valence-electron chi connectivity index (χ1n) is 14.0. The summed E-state index contributed by atoms with van der Waals surface area (Å²) in [5, 5.41) is 7.86. The molecule has 5 amide bonds.